The van der Waals surface area contributed by atoms with Crippen molar-refractivity contribution in [2.45, 2.75) is 70.6 Å². The van der Waals surface area contributed by atoms with Gasteiger partial charge in [-0.15, -0.1) is 0 Å². The van der Waals surface area contributed by atoms with Gasteiger partial charge in [0.05, 0.1) is 18.7 Å². The Morgan fingerprint density at radius 2 is 2.00 bits per heavy atom. The summed E-state index contributed by atoms with van der Waals surface area (Å²) in [5, 5.41) is 5.96. The summed E-state index contributed by atoms with van der Waals surface area (Å²) in [5.41, 5.74) is 5.94. The molecule has 0 bridgehead atoms. The number of primary amides is 1. The van der Waals surface area contributed by atoms with Crippen molar-refractivity contribution < 1.29 is 18.8 Å². The van der Waals surface area contributed by atoms with Gasteiger partial charge < -0.3 is 20.8 Å². The monoisotopic (exact) mass is 431 g/mol. The number of Topliss-reactive ketones (excluding diaryl/α,β-unsaturated/α-hetero) is 1. The van der Waals surface area contributed by atoms with Crippen LogP contribution in [0.25, 0.3) is 0 Å². The molecule has 1 aliphatic carbocycles. The summed E-state index contributed by atoms with van der Waals surface area (Å²) < 4.78 is 6.00. The minimum Gasteiger partial charge on any atom is -0.437 e. The summed E-state index contributed by atoms with van der Waals surface area (Å²) in [5.74, 6) is 0.0823. The number of aromatic nitrogens is 1. The Labute approximate surface area is 184 Å². The summed E-state index contributed by atoms with van der Waals surface area (Å²) >= 11 is 0. The molecule has 1 aliphatic heterocycles. The maximum Gasteiger partial charge on any atom is 0.224 e. The lowest BCUT2D eigenvalue weighted by Crippen LogP contribution is -2.31. The first-order valence-corrected chi connectivity index (χ1v) is 11.6. The van der Waals surface area contributed by atoms with Crippen LogP contribution in [0.5, 0.6) is 0 Å². The largest absolute Gasteiger partial charge is 0.437 e. The summed E-state index contributed by atoms with van der Waals surface area (Å²) in [6.45, 7) is 3.30. The minimum absolute atomic E-state index is 0.157. The predicted octanol–water partition coefficient (Wildman–Crippen LogP) is 2.28. The number of hydrogen-bond acceptors (Lipinski definition) is 6. The molecule has 2 aliphatic rings. The van der Waals surface area contributed by atoms with Gasteiger partial charge in [0.25, 0.3) is 0 Å². The zero-order valence-corrected chi connectivity index (χ0v) is 18.5. The number of piperidine rings is 1. The van der Waals surface area contributed by atoms with Gasteiger partial charge in [-0.3, -0.25) is 14.4 Å². The average molecular weight is 432 g/mol. The van der Waals surface area contributed by atoms with Crippen LogP contribution < -0.4 is 16.4 Å². The van der Waals surface area contributed by atoms with Crippen LogP contribution in [0.15, 0.2) is 4.42 Å². The van der Waals surface area contributed by atoms with Gasteiger partial charge in [-0.05, 0) is 38.1 Å². The number of amides is 2. The van der Waals surface area contributed by atoms with Gasteiger partial charge in [0, 0.05) is 18.4 Å². The van der Waals surface area contributed by atoms with Crippen LogP contribution in [0, 0.1) is 18.3 Å². The highest BCUT2D eigenvalue weighted by Gasteiger charge is 2.28. The second kappa shape index (κ2) is 11.4. The van der Waals surface area contributed by atoms with Crippen LogP contribution in [0.3, 0.4) is 0 Å². The molecule has 2 heterocycles. The normalized spacial score (nSPS) is 20.9. The Morgan fingerprint density at radius 3 is 2.68 bits per heavy atom. The predicted molar refractivity (Wildman–Crippen MR) is 116 cm³/mol. The quantitative estimate of drug-likeness (QED) is 0.488. The number of nitrogens with zero attached hydrogens (tertiary/aromatic N) is 1. The highest BCUT2D eigenvalue weighted by atomic mass is 16.4. The van der Waals surface area contributed by atoms with Crippen molar-refractivity contribution >= 4 is 17.6 Å². The Hall–Kier alpha value is -2.22. The molecular weight excluding hydrogens is 396 g/mol. The third-order valence-corrected chi connectivity index (χ3v) is 6.39. The molecule has 4 N–H and O–H groups in total. The van der Waals surface area contributed by atoms with E-state index in [2.05, 4.69) is 10.6 Å². The maximum absolute atomic E-state index is 12.9. The highest BCUT2D eigenvalue weighted by Crippen LogP contribution is 2.30. The first-order chi connectivity index (χ1) is 14.9. The maximum atomic E-state index is 12.9. The molecule has 8 nitrogen and oxygen atoms in total. The van der Waals surface area contributed by atoms with Crippen molar-refractivity contribution in [3.8, 4) is 0 Å². The van der Waals surface area contributed by atoms with Crippen LogP contribution in [0.1, 0.15) is 86.3 Å². The van der Waals surface area contributed by atoms with Crippen molar-refractivity contribution in [3.05, 3.63) is 23.8 Å². The molecule has 2 amide bonds. The van der Waals surface area contributed by atoms with E-state index in [9.17, 15) is 14.4 Å². The number of hydrogen-bond donors (Lipinski definition) is 3. The molecule has 2 fully saturated rings. The van der Waals surface area contributed by atoms with Crippen LogP contribution in [-0.2, 0) is 16.0 Å². The van der Waals surface area contributed by atoms with Gasteiger partial charge in [-0.2, -0.15) is 0 Å². The van der Waals surface area contributed by atoms with E-state index in [1.54, 1.807) is 6.92 Å². The van der Waals surface area contributed by atoms with E-state index in [1.807, 2.05) is 0 Å². The summed E-state index contributed by atoms with van der Waals surface area (Å²) in [7, 11) is 0. The summed E-state index contributed by atoms with van der Waals surface area (Å²) in [4.78, 5) is 40.8. The van der Waals surface area contributed by atoms with Gasteiger partial charge in [-0.1, -0.05) is 39.0 Å². The molecule has 1 aromatic heterocycles. The third-order valence-electron chi connectivity index (χ3n) is 6.39. The van der Waals surface area contributed by atoms with E-state index >= 15 is 0 Å². The lowest BCUT2D eigenvalue weighted by atomic mass is 9.86. The fourth-order valence-electron chi connectivity index (χ4n) is 4.35. The molecule has 31 heavy (non-hydrogen) atoms. The second-order valence-electron chi connectivity index (χ2n) is 8.96. The second-order valence-corrected chi connectivity index (χ2v) is 8.96. The van der Waals surface area contributed by atoms with Gasteiger partial charge in [0.2, 0.25) is 17.6 Å². The number of ketones is 1. The summed E-state index contributed by atoms with van der Waals surface area (Å²) in [6.07, 6.45) is 10.4. The first-order valence-electron chi connectivity index (χ1n) is 11.6. The van der Waals surface area contributed by atoms with E-state index < -0.39 is 17.7 Å². The zero-order valence-electron chi connectivity index (χ0n) is 18.5. The molecule has 8 heteroatoms. The van der Waals surface area contributed by atoms with Crippen LogP contribution >= 0.6 is 0 Å². The molecule has 0 spiro atoms. The first kappa shape index (κ1) is 23.4. The van der Waals surface area contributed by atoms with E-state index in [0.717, 1.165) is 50.9 Å². The number of nitrogens with one attached hydrogen (secondary N) is 2. The average Bonchev–Trinajstić information content (AvgIpc) is 3.20. The Morgan fingerprint density at radius 1 is 1.23 bits per heavy atom. The van der Waals surface area contributed by atoms with Crippen LogP contribution in [-0.4, -0.2) is 42.2 Å². The van der Waals surface area contributed by atoms with Gasteiger partial charge >= 0.3 is 0 Å². The van der Waals surface area contributed by atoms with Gasteiger partial charge in [0.1, 0.15) is 0 Å². The van der Waals surface area contributed by atoms with Crippen LogP contribution in [0.2, 0.25) is 0 Å². The van der Waals surface area contributed by atoms with E-state index in [1.165, 1.54) is 25.7 Å². The van der Waals surface area contributed by atoms with E-state index in [-0.39, 0.29) is 30.4 Å². The fourth-order valence-corrected chi connectivity index (χ4v) is 4.35. The smallest absolute Gasteiger partial charge is 0.224 e. The highest BCUT2D eigenvalue weighted by molar-refractivity contribution is 5.99. The number of nitrogens with two attached hydrogens (primary N) is 1. The fraction of sp³-hybridized carbons (Fsp3) is 0.696. The Bertz CT molecular complexity index is 764. The van der Waals surface area contributed by atoms with Crippen molar-refractivity contribution in [1.29, 1.82) is 0 Å². The minimum atomic E-state index is -0.459. The standard InChI is InChI=1S/C23H35N4O4/c1-15(22(24)30)9-10-20(29)26-14-19(28)21-18(12-16-6-3-2-4-7-16)27-23(31-21)17-8-5-11-25-13-17/h10,15-17,25H,2-9,11-14H2,1H3,(H2,24,30)(H,26,29). The molecule has 3 rings (SSSR count). The van der Waals surface area contributed by atoms with Gasteiger partial charge in [0.15, 0.2) is 11.7 Å². The summed E-state index contributed by atoms with van der Waals surface area (Å²) in [6, 6.07) is 0. The topological polar surface area (TPSA) is 127 Å². The molecule has 1 saturated heterocycles. The van der Waals surface area contributed by atoms with Gasteiger partial charge in [-0.25, -0.2) is 4.98 Å². The van der Waals surface area contributed by atoms with Crippen molar-refractivity contribution in [1.82, 2.24) is 15.6 Å². The number of rotatable bonds is 10. The lowest BCUT2D eigenvalue weighted by molar-refractivity contribution is -0.121. The van der Waals surface area contributed by atoms with E-state index in [4.69, 9.17) is 15.1 Å². The number of carbonyl (C=O) groups excluding carboxylic acids is 3. The molecular formula is C23H35N4O4. The van der Waals surface area contributed by atoms with Crippen molar-refractivity contribution in [3.63, 3.8) is 0 Å². The molecule has 2 unspecified atom stereocenters. The molecule has 1 aromatic rings. The zero-order chi connectivity index (χ0) is 22.2. The lowest BCUT2D eigenvalue weighted by Gasteiger charge is -2.20. The van der Waals surface area contributed by atoms with Crippen LogP contribution in [0.4, 0.5) is 0 Å². The Balaban J connectivity index is 1.63. The van der Waals surface area contributed by atoms with Crippen molar-refractivity contribution in [2.75, 3.05) is 19.6 Å². The molecule has 171 valence electrons. The third kappa shape index (κ3) is 6.89. The SMILES string of the molecule is CC(C[CH]C(=O)NCC(=O)c1oc(C2CCCNC2)nc1CC1CCCCC1)C(N)=O. The van der Waals surface area contributed by atoms with E-state index in [0.29, 0.717) is 11.8 Å². The van der Waals surface area contributed by atoms with Crippen molar-refractivity contribution in [2.24, 2.45) is 17.6 Å². The molecule has 1 saturated carbocycles. The molecule has 2 atom stereocenters. The number of carbonyl (C=O) groups is 3. The Kier molecular flexibility index (Phi) is 8.63. The molecule has 0 aromatic carbocycles. The number of oxazole rings is 1. The molecule has 1 radical (unpaired) electrons.